The second-order valence-corrected chi connectivity index (χ2v) is 8.40. The van der Waals surface area contributed by atoms with Gasteiger partial charge in [-0.3, -0.25) is 9.79 Å². The van der Waals surface area contributed by atoms with E-state index in [2.05, 4.69) is 9.98 Å². The van der Waals surface area contributed by atoms with Gasteiger partial charge < -0.3 is 10.1 Å². The summed E-state index contributed by atoms with van der Waals surface area (Å²) in [4.78, 5) is 19.3. The number of aromatic nitrogens is 1. The maximum absolute atomic E-state index is 12.3. The van der Waals surface area contributed by atoms with Crippen LogP contribution in [0.2, 0.25) is 0 Å². The summed E-state index contributed by atoms with van der Waals surface area (Å²) in [6.07, 6.45) is 1.89. The highest BCUT2D eigenvalue weighted by molar-refractivity contribution is 7.88. The van der Waals surface area contributed by atoms with Gasteiger partial charge in [0.05, 0.1) is 16.1 Å². The van der Waals surface area contributed by atoms with E-state index < -0.39 is 10.0 Å². The number of H-pyrrole nitrogens is 1. The molecule has 3 aromatic rings. The van der Waals surface area contributed by atoms with Gasteiger partial charge in [-0.15, -0.1) is 5.14 Å². The number of hydrogen-bond acceptors (Lipinski definition) is 5. The number of carbonyl (C=O) groups is 1. The molecule has 7 nitrogen and oxygen atoms in total. The molecule has 0 amide bonds. The maximum atomic E-state index is 12.3. The van der Waals surface area contributed by atoms with Gasteiger partial charge in [-0.2, -0.15) is 0 Å². The Morgan fingerprint density at radius 2 is 1.89 bits per heavy atom. The second-order valence-electron chi connectivity index (χ2n) is 6.92. The molecular formula is C20H20N3O4S. The van der Waals surface area contributed by atoms with E-state index in [4.69, 9.17) is 5.14 Å². The fourth-order valence-electron chi connectivity index (χ4n) is 2.84. The molecule has 28 heavy (non-hydrogen) atoms. The van der Waals surface area contributed by atoms with Gasteiger partial charge in [-0.05, 0) is 48.4 Å². The minimum absolute atomic E-state index is 0.0349. The van der Waals surface area contributed by atoms with E-state index in [-0.39, 0.29) is 22.5 Å². The number of aliphatic imine (C=N–C) groups is 1. The highest BCUT2D eigenvalue weighted by Gasteiger charge is 2.14. The largest absolute Gasteiger partial charge is 0.494 e. The molecule has 2 aromatic carbocycles. The Hall–Kier alpha value is -2.97. The summed E-state index contributed by atoms with van der Waals surface area (Å²) >= 11 is 0. The third-order valence-electron chi connectivity index (χ3n) is 4.22. The zero-order valence-corrected chi connectivity index (χ0v) is 16.2. The van der Waals surface area contributed by atoms with Crippen LogP contribution in [0, 0.1) is 5.92 Å². The van der Waals surface area contributed by atoms with Crippen molar-refractivity contribution in [2.75, 3.05) is 0 Å². The Kier molecular flexibility index (Phi) is 5.35. The van der Waals surface area contributed by atoms with Crippen molar-refractivity contribution in [1.29, 1.82) is 0 Å². The van der Waals surface area contributed by atoms with Crippen molar-refractivity contribution >= 4 is 38.6 Å². The van der Waals surface area contributed by atoms with Crippen molar-refractivity contribution < 1.29 is 18.3 Å². The van der Waals surface area contributed by atoms with Gasteiger partial charge >= 0.3 is 0 Å². The number of benzene rings is 2. The number of aromatic amines is 1. The molecule has 0 aliphatic heterocycles. The first kappa shape index (κ1) is 19.8. The average molecular weight is 398 g/mol. The van der Waals surface area contributed by atoms with Crippen LogP contribution < -0.4 is 5.14 Å². The fourth-order valence-corrected chi connectivity index (χ4v) is 3.34. The normalized spacial score (nSPS) is 12.3. The van der Waals surface area contributed by atoms with Gasteiger partial charge in [0.2, 0.25) is 0 Å². The number of nitrogens with one attached hydrogen (secondary N) is 2. The lowest BCUT2D eigenvalue weighted by Gasteiger charge is -2.04. The molecule has 0 atom stereocenters. The number of Topliss-reactive ketones (excluding diaryl/α,β-unsaturated/α-hetero) is 1. The van der Waals surface area contributed by atoms with Crippen LogP contribution in [-0.2, 0) is 10.0 Å². The van der Waals surface area contributed by atoms with E-state index in [1.807, 2.05) is 13.8 Å². The molecule has 1 heterocycles. The summed E-state index contributed by atoms with van der Waals surface area (Å²) in [7, 11) is -4.01. The monoisotopic (exact) mass is 398 g/mol. The topological polar surface area (TPSA) is 123 Å². The van der Waals surface area contributed by atoms with Crippen molar-refractivity contribution in [2.45, 2.75) is 25.2 Å². The Balaban J connectivity index is 1.94. The van der Waals surface area contributed by atoms with Gasteiger partial charge in [0, 0.05) is 29.1 Å². The lowest BCUT2D eigenvalue weighted by atomic mass is 9.99. The Morgan fingerprint density at radius 3 is 2.50 bits per heavy atom. The van der Waals surface area contributed by atoms with Gasteiger partial charge in [0.15, 0.2) is 11.7 Å². The zero-order valence-electron chi connectivity index (χ0n) is 15.4. The number of sulfonamides is 1. The number of ketones is 1. The van der Waals surface area contributed by atoms with Crippen LogP contribution in [0.1, 0.15) is 36.2 Å². The molecule has 8 heteroatoms. The molecule has 0 aliphatic rings. The molecule has 0 aliphatic carbocycles. The van der Waals surface area contributed by atoms with Crippen LogP contribution in [0.5, 0.6) is 5.88 Å². The number of aromatic hydroxyl groups is 1. The number of nitrogens with zero attached hydrogens (tertiary/aromatic N) is 1. The molecule has 0 saturated heterocycles. The van der Waals surface area contributed by atoms with Crippen LogP contribution in [0.3, 0.4) is 0 Å². The maximum Gasteiger partial charge on any atom is 0.254 e. The summed E-state index contributed by atoms with van der Waals surface area (Å²) in [6, 6.07) is 10.7. The molecule has 1 radical (unpaired) electrons. The number of rotatable bonds is 6. The lowest BCUT2D eigenvalue weighted by molar-refractivity contribution is 0.0968. The first-order chi connectivity index (χ1) is 13.1. The van der Waals surface area contributed by atoms with Gasteiger partial charge in [-0.1, -0.05) is 13.8 Å². The number of hydrogen-bond donors (Lipinski definition) is 2. The van der Waals surface area contributed by atoms with E-state index >= 15 is 0 Å². The first-order valence-electron chi connectivity index (χ1n) is 8.67. The molecular weight excluding hydrogens is 378 g/mol. The van der Waals surface area contributed by atoms with Crippen molar-refractivity contribution in [3.05, 3.63) is 53.6 Å². The standard InChI is InChI=1S/C20H20N3O4S/c1-12(2)9-19(24)13-3-8-18-16(10-13)17(20(25)23-18)11-22-14-4-6-15(7-5-14)28(21,26)27/h3-8,10-12,21,23,25H,9H2,1-2H3. The van der Waals surface area contributed by atoms with Crippen molar-refractivity contribution in [3.63, 3.8) is 0 Å². The fraction of sp³-hybridized carbons (Fsp3) is 0.200. The molecule has 0 fully saturated rings. The molecule has 3 N–H and O–H groups in total. The lowest BCUT2D eigenvalue weighted by Crippen LogP contribution is -2.03. The van der Waals surface area contributed by atoms with E-state index in [9.17, 15) is 18.3 Å². The van der Waals surface area contributed by atoms with Crippen molar-refractivity contribution in [3.8, 4) is 5.88 Å². The summed E-state index contributed by atoms with van der Waals surface area (Å²) in [5.74, 6) is 0.213. The minimum Gasteiger partial charge on any atom is -0.494 e. The van der Waals surface area contributed by atoms with Crippen LogP contribution in [0.4, 0.5) is 5.69 Å². The summed E-state index contributed by atoms with van der Waals surface area (Å²) in [5, 5.41) is 17.9. The number of carbonyl (C=O) groups excluding carboxylic acids is 1. The molecule has 1 aromatic heterocycles. The third kappa shape index (κ3) is 4.29. The predicted molar refractivity (Wildman–Crippen MR) is 108 cm³/mol. The SMILES string of the molecule is CC(C)CC(=O)c1ccc2[nH]c(O)c(C=Nc3ccc(S([NH])(=O)=O)cc3)c2c1. The molecule has 145 valence electrons. The average Bonchev–Trinajstić information content (AvgIpc) is 2.93. The Labute approximate surface area is 163 Å². The quantitative estimate of drug-likeness (QED) is 0.484. The van der Waals surface area contributed by atoms with Crippen LogP contribution >= 0.6 is 0 Å². The highest BCUT2D eigenvalue weighted by atomic mass is 32.2. The Morgan fingerprint density at radius 1 is 1.21 bits per heavy atom. The van der Waals surface area contributed by atoms with E-state index in [0.29, 0.717) is 34.1 Å². The Bertz CT molecular complexity index is 1160. The van der Waals surface area contributed by atoms with Gasteiger partial charge in [-0.25, -0.2) is 8.42 Å². The highest BCUT2D eigenvalue weighted by Crippen LogP contribution is 2.28. The molecule has 0 spiro atoms. The van der Waals surface area contributed by atoms with E-state index in [1.165, 1.54) is 30.5 Å². The summed E-state index contributed by atoms with van der Waals surface area (Å²) < 4.78 is 22.4. The number of fused-ring (bicyclic) bond motifs is 1. The van der Waals surface area contributed by atoms with Crippen molar-refractivity contribution in [1.82, 2.24) is 10.1 Å². The van der Waals surface area contributed by atoms with E-state index in [1.54, 1.807) is 18.2 Å². The zero-order chi connectivity index (χ0) is 20.5. The minimum atomic E-state index is -4.01. The van der Waals surface area contributed by atoms with Gasteiger partial charge in [0.1, 0.15) is 0 Å². The van der Waals surface area contributed by atoms with Gasteiger partial charge in [0.25, 0.3) is 10.0 Å². The molecule has 0 unspecified atom stereocenters. The van der Waals surface area contributed by atoms with E-state index in [0.717, 1.165) is 0 Å². The van der Waals surface area contributed by atoms with Crippen LogP contribution in [-0.4, -0.2) is 30.5 Å². The van der Waals surface area contributed by atoms with Crippen molar-refractivity contribution in [2.24, 2.45) is 10.9 Å². The van der Waals surface area contributed by atoms with Crippen LogP contribution in [0.15, 0.2) is 52.4 Å². The molecule has 3 rings (SSSR count). The second kappa shape index (κ2) is 7.57. The molecule has 0 saturated carbocycles. The van der Waals surface area contributed by atoms with Crippen LogP contribution in [0.25, 0.3) is 10.9 Å². The molecule has 0 bridgehead atoms. The summed E-state index contributed by atoms with van der Waals surface area (Å²) in [6.45, 7) is 3.96. The first-order valence-corrected chi connectivity index (χ1v) is 10.1. The smallest absolute Gasteiger partial charge is 0.254 e. The predicted octanol–water partition coefficient (Wildman–Crippen LogP) is 3.82. The third-order valence-corrected chi connectivity index (χ3v) is 5.12. The summed E-state index contributed by atoms with van der Waals surface area (Å²) in [5.41, 5.74) is 2.15.